The fourth-order valence-corrected chi connectivity index (χ4v) is 3.22. The first-order chi connectivity index (χ1) is 13.5. The van der Waals surface area contributed by atoms with Crippen LogP contribution in [0.5, 0.6) is 0 Å². The number of ether oxygens (including phenoxy) is 1. The van der Waals surface area contributed by atoms with Gasteiger partial charge in [0.15, 0.2) is 6.61 Å². The number of fused-ring (bicyclic) bond motifs is 1. The molecule has 0 aromatic heterocycles. The zero-order valence-electron chi connectivity index (χ0n) is 15.2. The van der Waals surface area contributed by atoms with E-state index in [-0.39, 0.29) is 11.6 Å². The van der Waals surface area contributed by atoms with Crippen LogP contribution in [0.25, 0.3) is 0 Å². The Balaban J connectivity index is 1.42. The fraction of sp³-hybridized carbons (Fsp3) is 0.286. The highest BCUT2D eigenvalue weighted by Gasteiger charge is 2.21. The molecule has 2 aromatic rings. The number of hydrogen-bond acceptors (Lipinski definition) is 4. The van der Waals surface area contributed by atoms with Gasteiger partial charge in [0.05, 0.1) is 6.04 Å². The molecule has 7 heteroatoms. The third-order valence-electron chi connectivity index (χ3n) is 4.55. The van der Waals surface area contributed by atoms with Crippen molar-refractivity contribution in [1.82, 2.24) is 10.6 Å². The van der Waals surface area contributed by atoms with E-state index in [1.54, 1.807) is 0 Å². The lowest BCUT2D eigenvalue weighted by Crippen LogP contribution is -2.36. The molecule has 28 heavy (non-hydrogen) atoms. The molecular formula is C21H21FN2O4. The minimum atomic E-state index is -0.746. The Kier molecular flexibility index (Phi) is 6.37. The summed E-state index contributed by atoms with van der Waals surface area (Å²) in [4.78, 5) is 35.7. The number of carbonyl (C=O) groups excluding carboxylic acids is 3. The van der Waals surface area contributed by atoms with E-state index in [9.17, 15) is 18.8 Å². The van der Waals surface area contributed by atoms with Crippen molar-refractivity contribution in [3.63, 3.8) is 0 Å². The van der Waals surface area contributed by atoms with E-state index < -0.39 is 36.8 Å². The van der Waals surface area contributed by atoms with Gasteiger partial charge in [-0.2, -0.15) is 0 Å². The van der Waals surface area contributed by atoms with E-state index in [1.165, 1.54) is 23.8 Å². The number of carbonyl (C=O) groups is 3. The molecule has 0 heterocycles. The van der Waals surface area contributed by atoms with E-state index in [4.69, 9.17) is 4.74 Å². The standard InChI is InChI=1S/C21H21FN2O4/c22-16-8-3-7-15(11-16)21(27)23-12-20(26)28-13-19(25)24-18-10-4-6-14-5-1-2-9-17(14)18/h1-3,5,7-9,11,18H,4,6,10,12-13H2,(H,23,27)(H,24,25)/t18-/m1/s1. The molecule has 146 valence electrons. The molecule has 3 rings (SSSR count). The van der Waals surface area contributed by atoms with E-state index in [0.29, 0.717) is 0 Å². The lowest BCUT2D eigenvalue weighted by Gasteiger charge is -2.26. The third kappa shape index (κ3) is 5.16. The summed E-state index contributed by atoms with van der Waals surface area (Å²) in [5, 5.41) is 5.21. The minimum Gasteiger partial charge on any atom is -0.454 e. The zero-order valence-corrected chi connectivity index (χ0v) is 15.2. The molecule has 0 radical (unpaired) electrons. The smallest absolute Gasteiger partial charge is 0.325 e. The number of esters is 1. The van der Waals surface area contributed by atoms with Gasteiger partial charge in [0.1, 0.15) is 12.4 Å². The molecule has 1 aliphatic carbocycles. The Bertz CT molecular complexity index is 884. The number of hydrogen-bond donors (Lipinski definition) is 2. The van der Waals surface area contributed by atoms with Crippen LogP contribution >= 0.6 is 0 Å². The molecule has 0 bridgehead atoms. The monoisotopic (exact) mass is 384 g/mol. The third-order valence-corrected chi connectivity index (χ3v) is 4.55. The summed E-state index contributed by atoms with van der Waals surface area (Å²) >= 11 is 0. The van der Waals surface area contributed by atoms with Gasteiger partial charge < -0.3 is 15.4 Å². The van der Waals surface area contributed by atoms with Crippen LogP contribution in [-0.4, -0.2) is 30.9 Å². The first-order valence-electron chi connectivity index (χ1n) is 9.09. The molecule has 2 aromatic carbocycles. The van der Waals surface area contributed by atoms with Crippen molar-refractivity contribution in [2.75, 3.05) is 13.2 Å². The predicted octanol–water partition coefficient (Wildman–Crippen LogP) is 2.29. The van der Waals surface area contributed by atoms with Crippen molar-refractivity contribution in [1.29, 1.82) is 0 Å². The molecule has 0 spiro atoms. The highest BCUT2D eigenvalue weighted by molar-refractivity contribution is 5.96. The molecule has 2 amide bonds. The molecule has 0 saturated carbocycles. The summed E-state index contributed by atoms with van der Waals surface area (Å²) in [7, 11) is 0. The summed E-state index contributed by atoms with van der Waals surface area (Å²) in [5.41, 5.74) is 2.41. The fourth-order valence-electron chi connectivity index (χ4n) is 3.22. The van der Waals surface area contributed by atoms with Gasteiger partial charge in [-0.1, -0.05) is 30.3 Å². The lowest BCUT2D eigenvalue weighted by molar-refractivity contribution is -0.147. The molecule has 1 atom stereocenters. The first-order valence-corrected chi connectivity index (χ1v) is 9.09. The van der Waals surface area contributed by atoms with Crippen LogP contribution in [-0.2, 0) is 20.7 Å². The number of benzene rings is 2. The second kappa shape index (κ2) is 9.12. The largest absolute Gasteiger partial charge is 0.454 e. The van der Waals surface area contributed by atoms with Crippen LogP contribution in [0, 0.1) is 5.82 Å². The van der Waals surface area contributed by atoms with E-state index in [0.717, 1.165) is 30.9 Å². The Morgan fingerprint density at radius 3 is 2.75 bits per heavy atom. The zero-order chi connectivity index (χ0) is 19.9. The molecule has 0 fully saturated rings. The second-order valence-corrected chi connectivity index (χ2v) is 6.56. The lowest BCUT2D eigenvalue weighted by atomic mass is 9.88. The van der Waals surface area contributed by atoms with Gasteiger partial charge in [-0.3, -0.25) is 14.4 Å². The number of rotatable bonds is 6. The Morgan fingerprint density at radius 2 is 1.93 bits per heavy atom. The first kappa shape index (κ1) is 19.5. The quantitative estimate of drug-likeness (QED) is 0.749. The molecule has 0 aliphatic heterocycles. The Labute approximate surface area is 162 Å². The SMILES string of the molecule is O=C(COC(=O)CNC(=O)c1cccc(F)c1)N[C@@H]1CCCc2ccccc21. The molecule has 2 N–H and O–H groups in total. The molecular weight excluding hydrogens is 363 g/mol. The van der Waals surface area contributed by atoms with Gasteiger partial charge in [0, 0.05) is 5.56 Å². The van der Waals surface area contributed by atoms with Crippen LogP contribution in [0.1, 0.15) is 40.4 Å². The van der Waals surface area contributed by atoms with Gasteiger partial charge in [-0.05, 0) is 48.6 Å². The molecule has 0 unspecified atom stereocenters. The maximum Gasteiger partial charge on any atom is 0.325 e. The van der Waals surface area contributed by atoms with Gasteiger partial charge >= 0.3 is 5.97 Å². The number of halogens is 1. The summed E-state index contributed by atoms with van der Waals surface area (Å²) < 4.78 is 18.0. The van der Waals surface area contributed by atoms with Gasteiger partial charge in [-0.25, -0.2) is 4.39 Å². The Hall–Kier alpha value is -3.22. The van der Waals surface area contributed by atoms with Crippen molar-refractivity contribution in [2.24, 2.45) is 0 Å². The summed E-state index contributed by atoms with van der Waals surface area (Å²) in [6, 6.07) is 13.0. The highest BCUT2D eigenvalue weighted by Crippen LogP contribution is 2.29. The summed E-state index contributed by atoms with van der Waals surface area (Å²) in [6.07, 6.45) is 2.80. The summed E-state index contributed by atoms with van der Waals surface area (Å²) in [6.45, 7) is -0.831. The maximum atomic E-state index is 13.1. The van der Waals surface area contributed by atoms with E-state index >= 15 is 0 Å². The maximum absolute atomic E-state index is 13.1. The predicted molar refractivity (Wildman–Crippen MR) is 100.0 cm³/mol. The number of nitrogens with one attached hydrogen (secondary N) is 2. The van der Waals surface area contributed by atoms with Crippen LogP contribution in [0.3, 0.4) is 0 Å². The van der Waals surface area contributed by atoms with Crippen molar-refractivity contribution < 1.29 is 23.5 Å². The van der Waals surface area contributed by atoms with E-state index in [2.05, 4.69) is 16.7 Å². The van der Waals surface area contributed by atoms with Crippen molar-refractivity contribution in [3.05, 3.63) is 71.0 Å². The van der Waals surface area contributed by atoms with Gasteiger partial charge in [0.2, 0.25) is 0 Å². The van der Waals surface area contributed by atoms with Gasteiger partial charge in [-0.15, -0.1) is 0 Å². The highest BCUT2D eigenvalue weighted by atomic mass is 19.1. The number of aryl methyl sites for hydroxylation is 1. The summed E-state index contributed by atoms with van der Waals surface area (Å²) in [5.74, 6) is -2.29. The minimum absolute atomic E-state index is 0.0937. The molecule has 1 aliphatic rings. The molecule has 0 saturated heterocycles. The molecule has 6 nitrogen and oxygen atoms in total. The average molecular weight is 384 g/mol. The van der Waals surface area contributed by atoms with Crippen molar-refractivity contribution >= 4 is 17.8 Å². The average Bonchev–Trinajstić information content (AvgIpc) is 2.71. The van der Waals surface area contributed by atoms with Crippen molar-refractivity contribution in [3.8, 4) is 0 Å². The van der Waals surface area contributed by atoms with Crippen LogP contribution in [0.2, 0.25) is 0 Å². The van der Waals surface area contributed by atoms with Crippen molar-refractivity contribution in [2.45, 2.75) is 25.3 Å². The Morgan fingerprint density at radius 1 is 1.11 bits per heavy atom. The van der Waals surface area contributed by atoms with E-state index in [1.807, 2.05) is 18.2 Å². The van der Waals surface area contributed by atoms with Gasteiger partial charge in [0.25, 0.3) is 11.8 Å². The van der Waals surface area contributed by atoms with Crippen LogP contribution in [0.15, 0.2) is 48.5 Å². The normalized spacial score (nSPS) is 15.2. The second-order valence-electron chi connectivity index (χ2n) is 6.56. The van der Waals surface area contributed by atoms with Crippen LogP contribution < -0.4 is 10.6 Å². The number of amides is 2. The topological polar surface area (TPSA) is 84.5 Å². The van der Waals surface area contributed by atoms with Crippen LogP contribution in [0.4, 0.5) is 4.39 Å².